The molecule has 1 saturated heterocycles. The molecule has 0 aliphatic carbocycles. The van der Waals surface area contributed by atoms with Crippen molar-refractivity contribution >= 4 is 34.2 Å². The Morgan fingerprint density at radius 3 is 2.74 bits per heavy atom. The number of thiophene rings is 1. The monoisotopic (exact) mass is 439 g/mol. The highest BCUT2D eigenvalue weighted by Crippen LogP contribution is 2.23. The van der Waals surface area contributed by atoms with E-state index in [9.17, 15) is 9.59 Å². The van der Waals surface area contributed by atoms with Crippen LogP contribution in [-0.2, 0) is 11.2 Å². The minimum absolute atomic E-state index is 0.0132. The third-order valence-corrected chi connectivity index (χ3v) is 6.82. The number of likely N-dealkylation sites (tertiary alicyclic amines) is 1. The van der Waals surface area contributed by atoms with Crippen LogP contribution in [0.25, 0.3) is 11.0 Å². The molecule has 4 heterocycles. The van der Waals surface area contributed by atoms with Gasteiger partial charge in [-0.25, -0.2) is 9.67 Å². The number of carbonyl (C=O) groups excluding carboxylic acids is 2. The third-order valence-electron chi connectivity index (χ3n) is 5.88. The normalized spacial score (nSPS) is 15.0. The van der Waals surface area contributed by atoms with Crippen molar-refractivity contribution in [2.75, 3.05) is 19.6 Å². The van der Waals surface area contributed by atoms with E-state index in [0.717, 1.165) is 17.5 Å². The highest BCUT2D eigenvalue weighted by Gasteiger charge is 2.29. The van der Waals surface area contributed by atoms with E-state index in [2.05, 4.69) is 40.7 Å². The Bertz CT molecular complexity index is 1070. The fourth-order valence-corrected chi connectivity index (χ4v) is 4.79. The summed E-state index contributed by atoms with van der Waals surface area (Å²) in [6, 6.07) is 6.22. The summed E-state index contributed by atoms with van der Waals surface area (Å²) in [6.07, 6.45) is 4.02. The van der Waals surface area contributed by atoms with Crippen LogP contribution >= 0.6 is 11.3 Å². The van der Waals surface area contributed by atoms with Crippen molar-refractivity contribution in [2.45, 2.75) is 46.1 Å². The van der Waals surface area contributed by atoms with Gasteiger partial charge in [0.05, 0.1) is 17.5 Å². The van der Waals surface area contributed by atoms with Crippen molar-refractivity contribution in [3.05, 3.63) is 45.9 Å². The molecule has 1 aliphatic rings. The molecule has 7 nitrogen and oxygen atoms in total. The Hall–Kier alpha value is -2.74. The average molecular weight is 440 g/mol. The first-order chi connectivity index (χ1) is 14.9. The van der Waals surface area contributed by atoms with Gasteiger partial charge in [-0.1, -0.05) is 6.07 Å². The Morgan fingerprint density at radius 1 is 1.29 bits per heavy atom. The fraction of sp³-hybridized carbons (Fsp3) is 0.478. The van der Waals surface area contributed by atoms with E-state index in [-0.39, 0.29) is 23.8 Å². The van der Waals surface area contributed by atoms with Gasteiger partial charge in [-0.2, -0.15) is 5.10 Å². The van der Waals surface area contributed by atoms with Crippen LogP contribution in [0.15, 0.2) is 29.8 Å². The molecule has 4 rings (SSSR count). The van der Waals surface area contributed by atoms with E-state index in [1.165, 1.54) is 4.88 Å². The number of hydrogen-bond acceptors (Lipinski definition) is 5. The number of aromatic nitrogens is 3. The molecule has 0 unspecified atom stereocenters. The smallest absolute Gasteiger partial charge is 0.255 e. The highest BCUT2D eigenvalue weighted by atomic mass is 32.1. The first kappa shape index (κ1) is 21.5. The van der Waals surface area contributed by atoms with E-state index in [4.69, 9.17) is 0 Å². The van der Waals surface area contributed by atoms with E-state index in [0.29, 0.717) is 43.7 Å². The average Bonchev–Trinajstić information content (AvgIpc) is 3.42. The molecular formula is C23H29N5O2S. The minimum atomic E-state index is -0.0293. The summed E-state index contributed by atoms with van der Waals surface area (Å²) in [4.78, 5) is 33.4. The zero-order valence-electron chi connectivity index (χ0n) is 18.3. The van der Waals surface area contributed by atoms with Gasteiger partial charge in [0.2, 0.25) is 5.91 Å². The molecule has 0 saturated carbocycles. The van der Waals surface area contributed by atoms with Crippen molar-refractivity contribution in [3.8, 4) is 0 Å². The number of nitrogens with one attached hydrogen (secondary N) is 1. The second kappa shape index (κ2) is 9.18. The Balaban J connectivity index is 1.34. The van der Waals surface area contributed by atoms with Gasteiger partial charge in [0, 0.05) is 41.9 Å². The second-order valence-corrected chi connectivity index (χ2v) is 9.44. The summed E-state index contributed by atoms with van der Waals surface area (Å²) in [5, 5.41) is 10.4. The van der Waals surface area contributed by atoms with Crippen LogP contribution < -0.4 is 5.32 Å². The van der Waals surface area contributed by atoms with E-state index in [1.807, 2.05) is 28.6 Å². The maximum absolute atomic E-state index is 13.1. The van der Waals surface area contributed by atoms with Crippen molar-refractivity contribution in [3.63, 3.8) is 0 Å². The number of pyridine rings is 1. The van der Waals surface area contributed by atoms with Crippen LogP contribution in [0.2, 0.25) is 0 Å². The van der Waals surface area contributed by atoms with Crippen molar-refractivity contribution in [1.82, 2.24) is 25.0 Å². The molecule has 1 aliphatic heterocycles. The van der Waals surface area contributed by atoms with Gasteiger partial charge in [0.25, 0.3) is 5.91 Å². The maximum Gasteiger partial charge on any atom is 0.255 e. The summed E-state index contributed by atoms with van der Waals surface area (Å²) in [5.74, 6) is 0.0585. The van der Waals surface area contributed by atoms with Crippen LogP contribution in [-0.4, -0.2) is 51.1 Å². The molecule has 3 aromatic rings. The predicted molar refractivity (Wildman–Crippen MR) is 122 cm³/mol. The molecule has 1 fully saturated rings. The zero-order chi connectivity index (χ0) is 22.0. The standard InChI is InChI=1S/C23H29N5O2S/c1-15(2)28-21-18(14-25-28)13-20(16(3)26-21)23(30)27-10-7-17(8-11-27)22(29)24-9-6-19-5-4-12-31-19/h4-5,12-15,17H,6-11H2,1-3H3,(H,24,29). The number of nitrogens with zero attached hydrogens (tertiary/aromatic N) is 4. The van der Waals surface area contributed by atoms with Crippen LogP contribution in [0.3, 0.4) is 0 Å². The van der Waals surface area contributed by atoms with Gasteiger partial charge in [0.15, 0.2) is 5.65 Å². The molecule has 0 bridgehead atoms. The number of carbonyl (C=O) groups is 2. The highest BCUT2D eigenvalue weighted by molar-refractivity contribution is 7.09. The van der Waals surface area contributed by atoms with Crippen molar-refractivity contribution in [2.24, 2.45) is 5.92 Å². The van der Waals surface area contributed by atoms with Crippen molar-refractivity contribution < 1.29 is 9.59 Å². The molecule has 8 heteroatoms. The Morgan fingerprint density at radius 2 is 2.06 bits per heavy atom. The molecule has 0 aromatic carbocycles. The molecule has 31 heavy (non-hydrogen) atoms. The lowest BCUT2D eigenvalue weighted by Gasteiger charge is -2.31. The van der Waals surface area contributed by atoms with Gasteiger partial charge in [-0.3, -0.25) is 9.59 Å². The molecule has 0 spiro atoms. The predicted octanol–water partition coefficient (Wildman–Crippen LogP) is 3.59. The van der Waals surface area contributed by atoms with E-state index < -0.39 is 0 Å². The van der Waals surface area contributed by atoms with Crippen LogP contribution in [0.1, 0.15) is 53.7 Å². The van der Waals surface area contributed by atoms with Crippen LogP contribution in [0, 0.1) is 12.8 Å². The first-order valence-corrected chi connectivity index (χ1v) is 11.8. The number of fused-ring (bicyclic) bond motifs is 1. The van der Waals surface area contributed by atoms with Crippen LogP contribution in [0.4, 0.5) is 0 Å². The molecule has 1 N–H and O–H groups in total. The summed E-state index contributed by atoms with van der Waals surface area (Å²) in [7, 11) is 0. The number of aryl methyl sites for hydroxylation is 1. The van der Waals surface area contributed by atoms with E-state index >= 15 is 0 Å². The molecule has 0 radical (unpaired) electrons. The fourth-order valence-electron chi connectivity index (χ4n) is 4.08. The lowest BCUT2D eigenvalue weighted by molar-refractivity contribution is -0.126. The SMILES string of the molecule is Cc1nc2c(cnn2C(C)C)cc1C(=O)N1CCC(C(=O)NCCc2cccs2)CC1. The Kier molecular flexibility index (Phi) is 6.36. The van der Waals surface area contributed by atoms with Gasteiger partial charge in [-0.15, -0.1) is 11.3 Å². The molecule has 0 atom stereocenters. The topological polar surface area (TPSA) is 80.1 Å². The lowest BCUT2D eigenvalue weighted by Crippen LogP contribution is -2.43. The summed E-state index contributed by atoms with van der Waals surface area (Å²) in [5.41, 5.74) is 2.14. The largest absolute Gasteiger partial charge is 0.355 e. The zero-order valence-corrected chi connectivity index (χ0v) is 19.1. The van der Waals surface area contributed by atoms with Gasteiger partial charge < -0.3 is 10.2 Å². The first-order valence-electron chi connectivity index (χ1n) is 10.9. The molecule has 164 valence electrons. The second-order valence-electron chi connectivity index (χ2n) is 8.40. The molecule has 2 amide bonds. The summed E-state index contributed by atoms with van der Waals surface area (Å²) < 4.78 is 1.87. The number of amides is 2. The molecule has 3 aromatic heterocycles. The quantitative estimate of drug-likeness (QED) is 0.636. The number of piperidine rings is 1. The minimum Gasteiger partial charge on any atom is -0.355 e. The lowest BCUT2D eigenvalue weighted by atomic mass is 9.95. The number of rotatable bonds is 6. The Labute approximate surface area is 186 Å². The van der Waals surface area contributed by atoms with Gasteiger partial charge in [-0.05, 0) is 57.5 Å². The van der Waals surface area contributed by atoms with Gasteiger partial charge in [0.1, 0.15) is 0 Å². The molecular weight excluding hydrogens is 410 g/mol. The van der Waals surface area contributed by atoms with Gasteiger partial charge >= 0.3 is 0 Å². The number of hydrogen-bond donors (Lipinski definition) is 1. The maximum atomic E-state index is 13.1. The third kappa shape index (κ3) is 4.63. The summed E-state index contributed by atoms with van der Waals surface area (Å²) in [6.45, 7) is 7.83. The van der Waals surface area contributed by atoms with E-state index in [1.54, 1.807) is 17.5 Å². The summed E-state index contributed by atoms with van der Waals surface area (Å²) >= 11 is 1.71. The van der Waals surface area contributed by atoms with Crippen molar-refractivity contribution in [1.29, 1.82) is 0 Å². The van der Waals surface area contributed by atoms with Crippen LogP contribution in [0.5, 0.6) is 0 Å².